The van der Waals surface area contributed by atoms with E-state index in [1.807, 2.05) is 23.5 Å². The maximum absolute atomic E-state index is 3.58. The maximum Gasteiger partial charge on any atom is 2.00 e. The van der Waals surface area contributed by atoms with Crippen LogP contribution < -0.4 is 35.4 Å². The number of nitrogens with one attached hydrogen (secondary N) is 2. The van der Waals surface area contributed by atoms with E-state index in [1.165, 1.54) is 33.0 Å². The molecule has 2 aliphatic heterocycles. The van der Waals surface area contributed by atoms with Crippen LogP contribution in [0.5, 0.6) is 0 Å². The van der Waals surface area contributed by atoms with Crippen molar-refractivity contribution in [3.8, 4) is 0 Å². The molecule has 2 aromatic carbocycles. The molecule has 2 atom stereocenters. The van der Waals surface area contributed by atoms with E-state index in [9.17, 15) is 0 Å². The molecule has 2 fully saturated rings. The van der Waals surface area contributed by atoms with Gasteiger partial charge in [0.2, 0.25) is 0 Å². The van der Waals surface area contributed by atoms with Gasteiger partial charge in [-0.25, -0.2) is 0 Å². The van der Waals surface area contributed by atoms with Gasteiger partial charge in [-0.2, -0.15) is 0 Å². The van der Waals surface area contributed by atoms with Crippen LogP contribution >= 0.6 is 23.5 Å². The van der Waals surface area contributed by atoms with Gasteiger partial charge in [-0.1, -0.05) is 47.8 Å². The summed E-state index contributed by atoms with van der Waals surface area (Å²) in [6, 6.07) is 16.9. The second-order valence-corrected chi connectivity index (χ2v) is 10.8. The molecular formula is C26H28Cl2N2O2S2Zn. The van der Waals surface area contributed by atoms with Gasteiger partial charge in [0.25, 0.3) is 0 Å². The van der Waals surface area contributed by atoms with E-state index in [-0.39, 0.29) is 65.0 Å². The van der Waals surface area contributed by atoms with Crippen LogP contribution in [0.15, 0.2) is 58.3 Å². The third-order valence-corrected chi connectivity index (χ3v) is 8.22. The topological polar surface area (TPSA) is 87.1 Å². The van der Waals surface area contributed by atoms with E-state index < -0.39 is 0 Å². The number of benzene rings is 2. The zero-order chi connectivity index (χ0) is 20.6. The second-order valence-electron chi connectivity index (χ2n) is 7.86. The molecule has 10 radical (unpaired) electrons. The summed E-state index contributed by atoms with van der Waals surface area (Å²) < 4.78 is 0. The Morgan fingerprint density at radius 2 is 0.886 bits per heavy atom. The van der Waals surface area contributed by atoms with Crippen molar-refractivity contribution in [1.29, 1.82) is 0 Å². The van der Waals surface area contributed by atoms with E-state index >= 15 is 0 Å². The number of hydrogen-bond donors (Lipinski definition) is 2. The molecule has 4 nitrogen and oxygen atoms in total. The molecule has 2 unspecified atom stereocenters. The first-order valence-corrected chi connectivity index (χ1v) is 11.8. The van der Waals surface area contributed by atoms with Crippen LogP contribution in [0, 0.1) is 63.2 Å². The van der Waals surface area contributed by atoms with Gasteiger partial charge in [-0.3, -0.25) is 0 Å². The van der Waals surface area contributed by atoms with Crippen LogP contribution in [0.2, 0.25) is 0 Å². The third kappa shape index (κ3) is 7.47. The van der Waals surface area contributed by atoms with Gasteiger partial charge >= 0.3 is 19.5 Å². The molecule has 182 valence electrons. The quantitative estimate of drug-likeness (QED) is 0.434. The summed E-state index contributed by atoms with van der Waals surface area (Å²) >= 11 is 3.77. The molecule has 9 heteroatoms. The smallest absolute Gasteiger partial charge is 1.00 e. The van der Waals surface area contributed by atoms with Crippen molar-refractivity contribution in [2.24, 2.45) is 0 Å². The number of para-hydroxylation sites is 2. The summed E-state index contributed by atoms with van der Waals surface area (Å²) in [5, 5.41) is 7.15. The molecule has 35 heavy (non-hydrogen) atoms. The Kier molecular flexibility index (Phi) is 14.7. The number of halogens is 2. The summed E-state index contributed by atoms with van der Waals surface area (Å²) in [7, 11) is 0. The van der Waals surface area contributed by atoms with E-state index in [0.29, 0.717) is 0 Å². The van der Waals surface area contributed by atoms with Crippen molar-refractivity contribution in [2.75, 3.05) is 10.6 Å². The van der Waals surface area contributed by atoms with Gasteiger partial charge in [-0.05, 0) is 89.5 Å². The molecule has 0 saturated heterocycles. The van der Waals surface area contributed by atoms with Crippen LogP contribution in [-0.4, -0.2) is 20.7 Å². The Morgan fingerprint density at radius 1 is 0.571 bits per heavy atom. The van der Waals surface area contributed by atoms with Crippen molar-refractivity contribution in [2.45, 2.75) is 33.4 Å². The zero-order valence-electron chi connectivity index (χ0n) is 19.5. The second kappa shape index (κ2) is 14.7. The van der Waals surface area contributed by atoms with E-state index in [0.717, 1.165) is 0 Å². The summed E-state index contributed by atoms with van der Waals surface area (Å²) in [6.07, 6.45) is 17.0. The molecule has 0 aromatic heterocycles. The first kappa shape index (κ1) is 34.9. The Balaban J connectivity index is 0.000000578. The molecule has 2 saturated carbocycles. The molecule has 2 aliphatic carbocycles. The maximum atomic E-state index is 3.58. The molecular weight excluding hydrogens is 573 g/mol. The van der Waals surface area contributed by atoms with Crippen molar-refractivity contribution in [1.82, 2.24) is 0 Å². The van der Waals surface area contributed by atoms with Crippen LogP contribution in [-0.2, 0) is 19.5 Å². The zero-order valence-corrected chi connectivity index (χ0v) is 25.6. The average Bonchev–Trinajstić information content (AvgIpc) is 3.53. The standard InChI is InChI=1S/2C13H12NS.2ClH.2H2O.Zn/c2*1-13(10-6-2-3-7-10)14-11-8-4-5-9-12(11)15-13;;;;;/h2*2-9,14H,1H3;2*1H;2*1H2;/q;;;;;;+2/p-2. The number of thioether (sulfide) groups is 2. The van der Waals surface area contributed by atoms with E-state index in [2.05, 4.69) is 124 Å². The first-order chi connectivity index (χ1) is 14.6. The monoisotopic (exact) mass is 598 g/mol. The number of rotatable bonds is 2. The Hall–Kier alpha value is -0.137. The molecule has 6 rings (SSSR count). The first-order valence-electron chi connectivity index (χ1n) is 10.1. The molecule has 6 N–H and O–H groups in total. The van der Waals surface area contributed by atoms with Crippen LogP contribution in [0.4, 0.5) is 11.4 Å². The van der Waals surface area contributed by atoms with Crippen molar-refractivity contribution in [3.05, 3.63) is 112 Å². The minimum Gasteiger partial charge on any atom is -1.00 e. The molecule has 2 heterocycles. The predicted molar refractivity (Wildman–Crippen MR) is 137 cm³/mol. The Bertz CT molecular complexity index is 789. The summed E-state index contributed by atoms with van der Waals surface area (Å²) in [5.41, 5.74) is 2.48. The number of hydrogen-bond acceptors (Lipinski definition) is 4. The number of anilines is 2. The summed E-state index contributed by atoms with van der Waals surface area (Å²) in [6.45, 7) is 4.46. The molecule has 2 aromatic rings. The van der Waals surface area contributed by atoms with Crippen molar-refractivity contribution >= 4 is 34.9 Å². The largest absolute Gasteiger partial charge is 2.00 e. The van der Waals surface area contributed by atoms with E-state index in [1.54, 1.807) is 0 Å². The van der Waals surface area contributed by atoms with Crippen molar-refractivity contribution in [3.63, 3.8) is 0 Å². The number of fused-ring (bicyclic) bond motifs is 2. The molecule has 4 aliphatic rings. The van der Waals surface area contributed by atoms with Gasteiger partial charge in [0, 0.05) is 33.0 Å². The van der Waals surface area contributed by atoms with Crippen LogP contribution in [0.3, 0.4) is 0 Å². The normalized spacial score (nSPS) is 25.9. The fourth-order valence-corrected chi connectivity index (χ4v) is 6.43. The van der Waals surface area contributed by atoms with Gasteiger partial charge in [-0.15, -0.1) is 0 Å². The van der Waals surface area contributed by atoms with Gasteiger partial charge in [0.15, 0.2) is 0 Å². The molecule has 0 amide bonds. The fraction of sp³-hybridized carbons (Fsp3) is 0.154. The van der Waals surface area contributed by atoms with Crippen LogP contribution in [0.25, 0.3) is 0 Å². The SMILES string of the molecule is CC1([C]2[CH][CH][CH][CH]2)Nc2ccccc2S1.CC1([C]2[CH][CH][CH][CH]2)Nc2ccccc2S1.O.O.[Cl-].[Cl-].[Zn+2]. The summed E-state index contributed by atoms with van der Waals surface area (Å²) in [5.74, 6) is 2.67. The van der Waals surface area contributed by atoms with E-state index in [4.69, 9.17) is 0 Å². The minimum absolute atomic E-state index is 0. The predicted octanol–water partition coefficient (Wildman–Crippen LogP) is -0.993. The van der Waals surface area contributed by atoms with Gasteiger partial charge in [0.1, 0.15) is 0 Å². The van der Waals surface area contributed by atoms with Gasteiger partial charge in [0.05, 0.1) is 9.74 Å². The van der Waals surface area contributed by atoms with Gasteiger partial charge < -0.3 is 46.4 Å². The minimum atomic E-state index is -0.00676. The van der Waals surface area contributed by atoms with Crippen molar-refractivity contribution < 1.29 is 55.2 Å². The Morgan fingerprint density at radius 3 is 1.20 bits per heavy atom. The summed E-state index contributed by atoms with van der Waals surface area (Å²) in [4.78, 5) is 2.66. The average molecular weight is 601 g/mol. The molecule has 0 spiro atoms. The fourth-order valence-electron chi connectivity index (χ4n) is 3.97. The Labute approximate surface area is 244 Å². The molecule has 0 bridgehead atoms. The van der Waals surface area contributed by atoms with Crippen LogP contribution in [0.1, 0.15) is 13.8 Å². The third-order valence-electron chi connectivity index (χ3n) is 5.58.